The lowest BCUT2D eigenvalue weighted by molar-refractivity contribution is -0.384. The van der Waals surface area contributed by atoms with Gasteiger partial charge in [-0.1, -0.05) is 0 Å². The lowest BCUT2D eigenvalue weighted by atomic mass is 10.0. The maximum absolute atomic E-state index is 13.2. The summed E-state index contributed by atoms with van der Waals surface area (Å²) < 4.78 is 80.7. The number of alkyl halides is 6. The number of aromatic nitrogens is 1. The zero-order valence-corrected chi connectivity index (χ0v) is 16.8. The molecule has 0 bridgehead atoms. The van der Waals surface area contributed by atoms with Crippen molar-refractivity contribution >= 4 is 11.6 Å². The molecule has 2 N–H and O–H groups in total. The molecule has 0 unspecified atom stereocenters. The summed E-state index contributed by atoms with van der Waals surface area (Å²) in [4.78, 5) is 22.1. The Balaban J connectivity index is 2.17. The number of halogens is 6. The number of benzene rings is 2. The summed E-state index contributed by atoms with van der Waals surface area (Å²) in [5, 5.41) is 10.9. The van der Waals surface area contributed by atoms with E-state index in [9.17, 15) is 41.3 Å². The van der Waals surface area contributed by atoms with Crippen LogP contribution in [-0.4, -0.2) is 15.4 Å². The Morgan fingerprint density at radius 2 is 1.48 bits per heavy atom. The van der Waals surface area contributed by atoms with Gasteiger partial charge in [0.15, 0.2) is 0 Å². The molecule has 1 amide bonds. The monoisotopic (exact) mass is 471 g/mol. The standard InChI is InChI=1S/C21H15F6N3O3/c1-11-17(19(28)31)9-18(13-2-4-16(5-3-13)30(32)33)29(11)10-12-6-14(20(22,23)24)8-15(7-12)21(25,26)27/h2-9H,10H2,1H3,(H2,28,31). The van der Waals surface area contributed by atoms with Crippen molar-refractivity contribution in [1.82, 2.24) is 4.57 Å². The van der Waals surface area contributed by atoms with E-state index >= 15 is 0 Å². The maximum Gasteiger partial charge on any atom is 0.416 e. The maximum atomic E-state index is 13.2. The molecule has 0 fully saturated rings. The van der Waals surface area contributed by atoms with Crippen LogP contribution < -0.4 is 5.73 Å². The van der Waals surface area contributed by atoms with E-state index in [1.54, 1.807) is 0 Å². The molecule has 0 aliphatic carbocycles. The van der Waals surface area contributed by atoms with Crippen molar-refractivity contribution in [3.05, 3.63) is 86.6 Å². The summed E-state index contributed by atoms with van der Waals surface area (Å²) in [6.07, 6.45) is -10.0. The van der Waals surface area contributed by atoms with Gasteiger partial charge in [-0.2, -0.15) is 26.3 Å². The Morgan fingerprint density at radius 3 is 1.91 bits per heavy atom. The molecule has 1 heterocycles. The first-order chi connectivity index (χ1) is 15.2. The van der Waals surface area contributed by atoms with Crippen molar-refractivity contribution in [3.63, 3.8) is 0 Å². The van der Waals surface area contributed by atoms with Crippen LogP contribution in [0.2, 0.25) is 0 Å². The van der Waals surface area contributed by atoms with Gasteiger partial charge in [-0.15, -0.1) is 0 Å². The second-order valence-corrected chi connectivity index (χ2v) is 7.20. The van der Waals surface area contributed by atoms with Crippen LogP contribution in [0, 0.1) is 17.0 Å². The fraction of sp³-hybridized carbons (Fsp3) is 0.190. The number of hydrogen-bond donors (Lipinski definition) is 1. The van der Waals surface area contributed by atoms with E-state index in [0.29, 0.717) is 17.7 Å². The Morgan fingerprint density at radius 1 is 0.970 bits per heavy atom. The van der Waals surface area contributed by atoms with Gasteiger partial charge in [0.1, 0.15) is 0 Å². The lowest BCUT2D eigenvalue weighted by Crippen LogP contribution is -2.14. The highest BCUT2D eigenvalue weighted by Gasteiger charge is 2.37. The molecular formula is C21H15F6N3O3. The number of nitro benzene ring substituents is 1. The highest BCUT2D eigenvalue weighted by atomic mass is 19.4. The van der Waals surface area contributed by atoms with Crippen molar-refractivity contribution in [2.75, 3.05) is 0 Å². The summed E-state index contributed by atoms with van der Waals surface area (Å²) in [7, 11) is 0. The Labute approximate surface area is 182 Å². The van der Waals surface area contributed by atoms with E-state index < -0.39 is 40.9 Å². The van der Waals surface area contributed by atoms with Crippen molar-refractivity contribution in [2.45, 2.75) is 25.8 Å². The normalized spacial score (nSPS) is 12.1. The van der Waals surface area contributed by atoms with Crippen LogP contribution in [0.1, 0.15) is 32.7 Å². The first-order valence-corrected chi connectivity index (χ1v) is 9.21. The van der Waals surface area contributed by atoms with Gasteiger partial charge >= 0.3 is 12.4 Å². The van der Waals surface area contributed by atoms with Crippen LogP contribution in [0.4, 0.5) is 32.0 Å². The summed E-state index contributed by atoms with van der Waals surface area (Å²) in [6, 6.07) is 7.60. The zero-order chi connectivity index (χ0) is 24.7. The topological polar surface area (TPSA) is 91.2 Å². The van der Waals surface area contributed by atoms with Crippen LogP contribution in [0.5, 0.6) is 0 Å². The number of carbonyl (C=O) groups is 1. The SMILES string of the molecule is Cc1c(C(N)=O)cc(-c2ccc([N+](=O)[O-])cc2)n1Cc1cc(C(F)(F)F)cc(C(F)(F)F)c1. The van der Waals surface area contributed by atoms with Gasteiger partial charge in [0.05, 0.1) is 21.6 Å². The van der Waals surface area contributed by atoms with E-state index in [1.807, 2.05) is 0 Å². The number of carbonyl (C=O) groups excluding carboxylic acids is 1. The molecule has 3 aromatic rings. The van der Waals surface area contributed by atoms with E-state index in [1.165, 1.54) is 41.8 Å². The van der Waals surface area contributed by atoms with Gasteiger partial charge in [0.2, 0.25) is 0 Å². The summed E-state index contributed by atoms with van der Waals surface area (Å²) in [6.45, 7) is 0.992. The van der Waals surface area contributed by atoms with Crippen LogP contribution in [0.15, 0.2) is 48.5 Å². The second-order valence-electron chi connectivity index (χ2n) is 7.20. The van der Waals surface area contributed by atoms with Crippen LogP contribution in [0.25, 0.3) is 11.3 Å². The molecule has 1 aromatic heterocycles. The third kappa shape index (κ3) is 4.99. The number of non-ortho nitro benzene ring substituents is 1. The van der Waals surface area contributed by atoms with E-state index in [4.69, 9.17) is 5.73 Å². The average molecular weight is 471 g/mol. The van der Waals surface area contributed by atoms with Crippen LogP contribution >= 0.6 is 0 Å². The molecule has 0 spiro atoms. The molecule has 0 saturated carbocycles. The fourth-order valence-corrected chi connectivity index (χ4v) is 3.38. The minimum absolute atomic E-state index is 0.00590. The minimum Gasteiger partial charge on any atom is -0.366 e. The van der Waals surface area contributed by atoms with Gasteiger partial charge in [-0.25, -0.2) is 0 Å². The van der Waals surface area contributed by atoms with Crippen LogP contribution in [0.3, 0.4) is 0 Å². The predicted octanol–water partition coefficient (Wildman–Crippen LogP) is 5.56. The first kappa shape index (κ1) is 23.8. The number of nitro groups is 1. The number of nitrogens with two attached hydrogens (primary N) is 1. The Hall–Kier alpha value is -3.83. The van der Waals surface area contributed by atoms with Crippen molar-refractivity contribution in [2.24, 2.45) is 5.73 Å². The summed E-state index contributed by atoms with van der Waals surface area (Å²) >= 11 is 0. The molecule has 0 aliphatic rings. The highest BCUT2D eigenvalue weighted by molar-refractivity contribution is 5.95. The van der Waals surface area contributed by atoms with Gasteiger partial charge in [-0.3, -0.25) is 14.9 Å². The Bertz CT molecular complexity index is 1200. The van der Waals surface area contributed by atoms with Gasteiger partial charge < -0.3 is 10.3 Å². The van der Waals surface area contributed by atoms with Crippen molar-refractivity contribution in [3.8, 4) is 11.3 Å². The summed E-state index contributed by atoms with van der Waals surface area (Å²) in [5.74, 6) is -0.852. The van der Waals surface area contributed by atoms with Crippen molar-refractivity contribution < 1.29 is 36.1 Å². The molecule has 0 radical (unpaired) electrons. The van der Waals surface area contributed by atoms with Crippen LogP contribution in [-0.2, 0) is 18.9 Å². The van der Waals surface area contributed by atoms with Gasteiger partial charge in [0.25, 0.3) is 11.6 Å². The molecule has 12 heteroatoms. The molecule has 0 aliphatic heterocycles. The van der Waals surface area contributed by atoms with Crippen molar-refractivity contribution in [1.29, 1.82) is 0 Å². The zero-order valence-electron chi connectivity index (χ0n) is 16.8. The number of rotatable bonds is 5. The molecule has 6 nitrogen and oxygen atoms in total. The van der Waals surface area contributed by atoms with Gasteiger partial charge in [0, 0.05) is 30.1 Å². The van der Waals surface area contributed by atoms with E-state index in [0.717, 1.165) is 0 Å². The fourth-order valence-electron chi connectivity index (χ4n) is 3.38. The number of nitrogens with zero attached hydrogens (tertiary/aromatic N) is 2. The highest BCUT2D eigenvalue weighted by Crippen LogP contribution is 2.37. The molecule has 2 aromatic carbocycles. The third-order valence-corrected chi connectivity index (χ3v) is 4.99. The van der Waals surface area contributed by atoms with Gasteiger partial charge in [-0.05, 0) is 54.4 Å². The number of hydrogen-bond acceptors (Lipinski definition) is 3. The lowest BCUT2D eigenvalue weighted by Gasteiger charge is -2.17. The molecular weight excluding hydrogens is 456 g/mol. The Kier molecular flexibility index (Phi) is 5.96. The number of primary amides is 1. The molecule has 0 atom stereocenters. The average Bonchev–Trinajstić information content (AvgIpc) is 3.03. The molecule has 33 heavy (non-hydrogen) atoms. The number of amides is 1. The second kappa shape index (κ2) is 8.26. The quantitative estimate of drug-likeness (QED) is 0.300. The third-order valence-electron chi connectivity index (χ3n) is 4.99. The first-order valence-electron chi connectivity index (χ1n) is 9.21. The summed E-state index contributed by atoms with van der Waals surface area (Å²) in [5.41, 5.74) is 2.68. The van der Waals surface area contributed by atoms with E-state index in [-0.39, 0.29) is 34.3 Å². The smallest absolute Gasteiger partial charge is 0.366 e. The minimum atomic E-state index is -5.01. The molecule has 3 rings (SSSR count). The van der Waals surface area contributed by atoms with E-state index in [2.05, 4.69) is 0 Å². The molecule has 174 valence electrons. The predicted molar refractivity (Wildman–Crippen MR) is 105 cm³/mol. The largest absolute Gasteiger partial charge is 0.416 e. The molecule has 0 saturated heterocycles.